The van der Waals surface area contributed by atoms with Crippen molar-refractivity contribution in [3.8, 4) is 11.4 Å². The van der Waals surface area contributed by atoms with Crippen molar-refractivity contribution in [1.29, 1.82) is 0 Å². The Morgan fingerprint density at radius 3 is 2.71 bits per heavy atom. The van der Waals surface area contributed by atoms with Crippen molar-refractivity contribution in [3.05, 3.63) is 35.7 Å². The molecule has 1 aliphatic heterocycles. The van der Waals surface area contributed by atoms with E-state index in [0.29, 0.717) is 11.7 Å². The van der Waals surface area contributed by atoms with E-state index in [9.17, 15) is 0 Å². The second-order valence-corrected chi connectivity index (χ2v) is 6.20. The van der Waals surface area contributed by atoms with E-state index in [1.54, 1.807) is 0 Å². The second-order valence-electron chi connectivity index (χ2n) is 6.20. The number of rotatable bonds is 7. The molecule has 130 valence electrons. The first-order chi connectivity index (χ1) is 11.7. The Morgan fingerprint density at radius 2 is 1.96 bits per heavy atom. The van der Waals surface area contributed by atoms with Gasteiger partial charge in [0.2, 0.25) is 11.7 Å². The molecule has 0 bridgehead atoms. The third-order valence-corrected chi connectivity index (χ3v) is 4.32. The van der Waals surface area contributed by atoms with E-state index < -0.39 is 0 Å². The highest BCUT2D eigenvalue weighted by Gasteiger charge is 2.19. The highest BCUT2D eigenvalue weighted by atomic mass is 16.5. The van der Waals surface area contributed by atoms with Gasteiger partial charge in [0.1, 0.15) is 0 Å². The van der Waals surface area contributed by atoms with Crippen LogP contribution >= 0.6 is 0 Å². The third-order valence-electron chi connectivity index (χ3n) is 4.32. The minimum atomic E-state index is 0.670. The van der Waals surface area contributed by atoms with Crippen LogP contribution in [0.2, 0.25) is 0 Å². The lowest BCUT2D eigenvalue weighted by molar-refractivity contribution is 0.0749. The summed E-state index contributed by atoms with van der Waals surface area (Å²) in [5.41, 5.74) is 2.20. The van der Waals surface area contributed by atoms with Gasteiger partial charge in [0.05, 0.1) is 13.2 Å². The number of ether oxygens (including phenoxy) is 1. The molecule has 1 aromatic heterocycles. The molecular formula is C18H26N4O2. The van der Waals surface area contributed by atoms with Crippen molar-refractivity contribution in [2.24, 2.45) is 0 Å². The minimum absolute atomic E-state index is 0.670. The summed E-state index contributed by atoms with van der Waals surface area (Å²) in [7, 11) is 0. The quantitative estimate of drug-likeness (QED) is 0.726. The molecule has 1 aromatic carbocycles. The molecule has 3 rings (SSSR count). The number of benzene rings is 1. The van der Waals surface area contributed by atoms with Crippen molar-refractivity contribution < 1.29 is 9.26 Å². The van der Waals surface area contributed by atoms with Gasteiger partial charge in [-0.2, -0.15) is 4.98 Å². The van der Waals surface area contributed by atoms with Crippen LogP contribution in [0.4, 0.5) is 0 Å². The molecule has 2 aromatic rings. The van der Waals surface area contributed by atoms with E-state index in [0.717, 1.165) is 58.0 Å². The maximum atomic E-state index is 5.43. The second kappa shape index (κ2) is 8.37. The Morgan fingerprint density at radius 1 is 1.17 bits per heavy atom. The molecule has 2 heterocycles. The van der Waals surface area contributed by atoms with Gasteiger partial charge in [-0.15, -0.1) is 0 Å². The zero-order chi connectivity index (χ0) is 16.8. The van der Waals surface area contributed by atoms with E-state index in [2.05, 4.69) is 39.0 Å². The van der Waals surface area contributed by atoms with E-state index in [1.165, 1.54) is 5.56 Å². The van der Waals surface area contributed by atoms with Gasteiger partial charge in [-0.1, -0.05) is 28.9 Å². The SMILES string of the molecule is CCOCCN1CCN(Cc2nc(-c3cccc(C)c3)no2)CC1. The molecule has 0 spiro atoms. The third kappa shape index (κ3) is 4.63. The average Bonchev–Trinajstić information content (AvgIpc) is 3.05. The van der Waals surface area contributed by atoms with Gasteiger partial charge in [-0.25, -0.2) is 0 Å². The van der Waals surface area contributed by atoms with Crippen molar-refractivity contribution in [3.63, 3.8) is 0 Å². The summed E-state index contributed by atoms with van der Waals surface area (Å²) in [4.78, 5) is 9.35. The number of piperazine rings is 1. The van der Waals surface area contributed by atoms with E-state index in [-0.39, 0.29) is 0 Å². The molecule has 0 atom stereocenters. The maximum Gasteiger partial charge on any atom is 0.241 e. The van der Waals surface area contributed by atoms with Crippen LogP contribution in [0.5, 0.6) is 0 Å². The van der Waals surface area contributed by atoms with Gasteiger partial charge in [0.25, 0.3) is 0 Å². The van der Waals surface area contributed by atoms with Crippen molar-refractivity contribution in [2.45, 2.75) is 20.4 Å². The molecule has 6 nitrogen and oxygen atoms in total. The Balaban J connectivity index is 1.49. The Labute approximate surface area is 143 Å². The van der Waals surface area contributed by atoms with Crippen LogP contribution in [-0.2, 0) is 11.3 Å². The maximum absolute atomic E-state index is 5.43. The van der Waals surface area contributed by atoms with Crippen LogP contribution in [0.15, 0.2) is 28.8 Å². The average molecular weight is 330 g/mol. The van der Waals surface area contributed by atoms with Crippen molar-refractivity contribution in [2.75, 3.05) is 45.9 Å². The molecule has 0 unspecified atom stereocenters. The summed E-state index contributed by atoms with van der Waals surface area (Å²) in [6, 6.07) is 8.17. The summed E-state index contributed by atoms with van der Waals surface area (Å²) in [6.45, 7) is 11.6. The Kier molecular flexibility index (Phi) is 5.96. The minimum Gasteiger partial charge on any atom is -0.380 e. The van der Waals surface area contributed by atoms with Gasteiger partial charge < -0.3 is 9.26 Å². The first-order valence-corrected chi connectivity index (χ1v) is 8.66. The van der Waals surface area contributed by atoms with Gasteiger partial charge >= 0.3 is 0 Å². The van der Waals surface area contributed by atoms with E-state index in [4.69, 9.17) is 9.26 Å². The summed E-state index contributed by atoms with van der Waals surface area (Å²) < 4.78 is 10.9. The number of hydrogen-bond acceptors (Lipinski definition) is 6. The Bertz CT molecular complexity index is 635. The molecule has 0 aliphatic carbocycles. The largest absolute Gasteiger partial charge is 0.380 e. The number of aromatic nitrogens is 2. The fourth-order valence-corrected chi connectivity index (χ4v) is 2.92. The molecule has 1 saturated heterocycles. The predicted octanol–water partition coefficient (Wildman–Crippen LogP) is 2.20. The first-order valence-electron chi connectivity index (χ1n) is 8.66. The molecule has 0 amide bonds. The standard InChI is InChI=1S/C18H26N4O2/c1-3-23-12-11-21-7-9-22(10-8-21)14-17-19-18(20-24-17)16-6-4-5-15(2)13-16/h4-6,13H,3,7-12,14H2,1-2H3. The van der Waals surface area contributed by atoms with Crippen LogP contribution in [-0.4, -0.2) is 65.9 Å². The monoisotopic (exact) mass is 330 g/mol. The first kappa shape index (κ1) is 17.1. The fraction of sp³-hybridized carbons (Fsp3) is 0.556. The molecular weight excluding hydrogens is 304 g/mol. The fourth-order valence-electron chi connectivity index (χ4n) is 2.92. The molecule has 6 heteroatoms. The Hall–Kier alpha value is -1.76. The molecule has 1 aliphatic rings. The van der Waals surface area contributed by atoms with Crippen LogP contribution in [0.1, 0.15) is 18.4 Å². The number of hydrogen-bond donors (Lipinski definition) is 0. The predicted molar refractivity (Wildman–Crippen MR) is 92.7 cm³/mol. The zero-order valence-electron chi connectivity index (χ0n) is 14.6. The molecule has 0 N–H and O–H groups in total. The smallest absolute Gasteiger partial charge is 0.241 e. The molecule has 0 radical (unpaired) electrons. The lowest BCUT2D eigenvalue weighted by atomic mass is 10.1. The highest BCUT2D eigenvalue weighted by Crippen LogP contribution is 2.17. The lowest BCUT2D eigenvalue weighted by Crippen LogP contribution is -2.46. The summed E-state index contributed by atoms with van der Waals surface area (Å²) in [5.74, 6) is 1.36. The van der Waals surface area contributed by atoms with Gasteiger partial charge in [-0.05, 0) is 19.9 Å². The molecule has 24 heavy (non-hydrogen) atoms. The number of nitrogens with zero attached hydrogens (tertiary/aromatic N) is 4. The normalized spacial score (nSPS) is 16.6. The van der Waals surface area contributed by atoms with Crippen LogP contribution in [0, 0.1) is 6.92 Å². The molecule has 1 fully saturated rings. The van der Waals surface area contributed by atoms with Crippen LogP contribution < -0.4 is 0 Å². The van der Waals surface area contributed by atoms with Crippen LogP contribution in [0.3, 0.4) is 0 Å². The highest BCUT2D eigenvalue weighted by molar-refractivity contribution is 5.55. The van der Waals surface area contributed by atoms with Gasteiger partial charge in [0, 0.05) is 44.9 Å². The van der Waals surface area contributed by atoms with E-state index in [1.807, 2.05) is 19.1 Å². The summed E-state index contributed by atoms with van der Waals surface area (Å²) in [5, 5.41) is 4.12. The topological polar surface area (TPSA) is 54.6 Å². The van der Waals surface area contributed by atoms with Crippen molar-refractivity contribution in [1.82, 2.24) is 19.9 Å². The lowest BCUT2D eigenvalue weighted by Gasteiger charge is -2.33. The van der Waals surface area contributed by atoms with Crippen LogP contribution in [0.25, 0.3) is 11.4 Å². The van der Waals surface area contributed by atoms with E-state index >= 15 is 0 Å². The number of aryl methyl sites for hydroxylation is 1. The van der Waals surface area contributed by atoms with Gasteiger partial charge in [0.15, 0.2) is 0 Å². The van der Waals surface area contributed by atoms with Gasteiger partial charge in [-0.3, -0.25) is 9.80 Å². The molecule has 0 saturated carbocycles. The summed E-state index contributed by atoms with van der Waals surface area (Å²) >= 11 is 0. The zero-order valence-corrected chi connectivity index (χ0v) is 14.6. The summed E-state index contributed by atoms with van der Waals surface area (Å²) in [6.07, 6.45) is 0. The van der Waals surface area contributed by atoms with Crippen molar-refractivity contribution >= 4 is 0 Å².